The van der Waals surface area contributed by atoms with Gasteiger partial charge in [0.15, 0.2) is 0 Å². The molecule has 7 rings (SSSR count). The van der Waals surface area contributed by atoms with Gasteiger partial charge in [0.1, 0.15) is 5.54 Å². The van der Waals surface area contributed by atoms with Gasteiger partial charge in [-0.3, -0.25) is 19.7 Å². The normalized spacial score (nSPS) is 26.6. The zero-order valence-corrected chi connectivity index (χ0v) is 19.8. The van der Waals surface area contributed by atoms with Crippen LogP contribution < -0.4 is 15.5 Å². The van der Waals surface area contributed by atoms with Crippen molar-refractivity contribution in [1.82, 2.24) is 10.3 Å². The fraction of sp³-hybridized carbons (Fsp3) is 0.179. The number of aromatic nitrogens is 1. The van der Waals surface area contributed by atoms with Gasteiger partial charge in [-0.15, -0.1) is 0 Å². The van der Waals surface area contributed by atoms with Crippen LogP contribution in [0.2, 0.25) is 5.02 Å². The first kappa shape index (κ1) is 21.4. The number of nitrogens with one attached hydrogen (secondary N) is 3. The van der Waals surface area contributed by atoms with E-state index in [0.29, 0.717) is 28.4 Å². The van der Waals surface area contributed by atoms with Gasteiger partial charge in [0.25, 0.3) is 0 Å². The smallest absolute Gasteiger partial charge is 0.250 e. The van der Waals surface area contributed by atoms with Crippen molar-refractivity contribution in [2.75, 3.05) is 10.2 Å². The molecule has 178 valence electrons. The maximum atomic E-state index is 14.0. The first-order valence-electron chi connectivity index (χ1n) is 11.9. The third kappa shape index (κ3) is 2.75. The number of rotatable bonds is 3. The number of imide groups is 1. The summed E-state index contributed by atoms with van der Waals surface area (Å²) in [6.07, 6.45) is 2.41. The second kappa shape index (κ2) is 7.53. The number of benzene rings is 3. The Morgan fingerprint density at radius 2 is 1.72 bits per heavy atom. The molecule has 3 aromatic carbocycles. The Balaban J connectivity index is 1.38. The maximum Gasteiger partial charge on any atom is 0.250 e. The monoisotopic (exact) mass is 496 g/mol. The Labute approximate surface area is 211 Å². The molecule has 0 aliphatic carbocycles. The fourth-order valence-corrected chi connectivity index (χ4v) is 6.52. The molecule has 0 saturated carbocycles. The molecule has 3 N–H and O–H groups in total. The average Bonchev–Trinajstić information content (AvgIpc) is 3.58. The molecule has 8 heteroatoms. The minimum atomic E-state index is -1.34. The summed E-state index contributed by atoms with van der Waals surface area (Å²) in [7, 11) is 0. The van der Waals surface area contributed by atoms with Crippen LogP contribution in [0.3, 0.4) is 0 Å². The van der Waals surface area contributed by atoms with E-state index >= 15 is 0 Å². The highest BCUT2D eigenvalue weighted by Crippen LogP contribution is 2.54. The van der Waals surface area contributed by atoms with Gasteiger partial charge >= 0.3 is 0 Å². The van der Waals surface area contributed by atoms with E-state index in [0.717, 1.165) is 16.5 Å². The van der Waals surface area contributed by atoms with Crippen molar-refractivity contribution in [3.05, 3.63) is 95.1 Å². The lowest BCUT2D eigenvalue weighted by Crippen LogP contribution is -2.53. The maximum absolute atomic E-state index is 14.0. The van der Waals surface area contributed by atoms with E-state index in [1.165, 1.54) is 4.90 Å². The fourth-order valence-electron chi connectivity index (χ4n) is 6.34. The van der Waals surface area contributed by atoms with Gasteiger partial charge in [-0.05, 0) is 42.3 Å². The third-order valence-corrected chi connectivity index (χ3v) is 8.04. The summed E-state index contributed by atoms with van der Waals surface area (Å²) in [5.41, 5.74) is 2.45. The number of hydrogen-bond donors (Lipinski definition) is 3. The number of amides is 3. The van der Waals surface area contributed by atoms with Gasteiger partial charge in [0.05, 0.1) is 17.5 Å². The molecule has 0 radical (unpaired) electrons. The van der Waals surface area contributed by atoms with E-state index in [1.54, 1.807) is 24.3 Å². The standard InChI is InChI=1S/C28H21ClN4O3/c29-16-6-5-7-17(13-16)33-25(34)23-22(12-15-14-30-20-10-3-1-8-18(15)20)32-28(24(23)26(33)35)19-9-2-4-11-21(19)31-27(28)36/h1-11,13-14,22-24,30,32H,12H2,(H,31,36)/t22?,23-,24+,28?/m1/s1. The number of fused-ring (bicyclic) bond motifs is 5. The Morgan fingerprint density at radius 1 is 0.917 bits per heavy atom. The van der Waals surface area contributed by atoms with Gasteiger partial charge in [-0.1, -0.05) is 54.1 Å². The zero-order valence-electron chi connectivity index (χ0n) is 19.0. The quantitative estimate of drug-likeness (QED) is 0.374. The van der Waals surface area contributed by atoms with E-state index in [2.05, 4.69) is 15.6 Å². The molecule has 4 heterocycles. The Kier molecular flexibility index (Phi) is 4.46. The van der Waals surface area contributed by atoms with E-state index in [9.17, 15) is 14.4 Å². The molecule has 2 saturated heterocycles. The van der Waals surface area contributed by atoms with Crippen LogP contribution in [0.25, 0.3) is 10.9 Å². The SMILES string of the molecule is O=C1[C@@H]2C(Cc3c[nH]c4ccccc34)NC3(C(=O)Nc4ccccc43)[C@@H]2C(=O)N1c1cccc(Cl)c1. The van der Waals surface area contributed by atoms with Crippen molar-refractivity contribution in [3.63, 3.8) is 0 Å². The largest absolute Gasteiger partial charge is 0.361 e. The molecular weight excluding hydrogens is 476 g/mol. The van der Waals surface area contributed by atoms with Crippen molar-refractivity contribution in [2.24, 2.45) is 11.8 Å². The number of halogens is 1. The Hall–Kier alpha value is -3.94. The predicted octanol–water partition coefficient (Wildman–Crippen LogP) is 3.99. The van der Waals surface area contributed by atoms with Crippen LogP contribution in [-0.2, 0) is 26.3 Å². The van der Waals surface area contributed by atoms with Crippen LogP contribution in [0.5, 0.6) is 0 Å². The minimum Gasteiger partial charge on any atom is -0.361 e. The summed E-state index contributed by atoms with van der Waals surface area (Å²) in [5.74, 6) is -2.63. The molecule has 4 aromatic rings. The van der Waals surface area contributed by atoms with Crippen LogP contribution >= 0.6 is 11.6 Å². The molecular formula is C28H21ClN4O3. The van der Waals surface area contributed by atoms with Crippen molar-refractivity contribution in [1.29, 1.82) is 0 Å². The number of hydrogen-bond acceptors (Lipinski definition) is 4. The van der Waals surface area contributed by atoms with E-state index in [1.807, 2.05) is 54.7 Å². The van der Waals surface area contributed by atoms with E-state index in [4.69, 9.17) is 11.6 Å². The molecule has 3 amide bonds. The van der Waals surface area contributed by atoms with E-state index < -0.39 is 29.3 Å². The summed E-state index contributed by atoms with van der Waals surface area (Å²) in [6.45, 7) is 0. The minimum absolute atomic E-state index is 0.311. The summed E-state index contributed by atoms with van der Waals surface area (Å²) < 4.78 is 0. The average molecular weight is 497 g/mol. The van der Waals surface area contributed by atoms with Crippen molar-refractivity contribution in [2.45, 2.75) is 18.0 Å². The lowest BCUT2D eigenvalue weighted by Gasteiger charge is -2.29. The number of nitrogens with zero attached hydrogens (tertiary/aromatic N) is 1. The highest BCUT2D eigenvalue weighted by atomic mass is 35.5. The van der Waals surface area contributed by atoms with Crippen molar-refractivity contribution < 1.29 is 14.4 Å². The predicted molar refractivity (Wildman–Crippen MR) is 137 cm³/mol. The summed E-state index contributed by atoms with van der Waals surface area (Å²) in [5, 5.41) is 7.92. The second-order valence-corrected chi connectivity index (χ2v) is 10.1. The van der Waals surface area contributed by atoms with Gasteiger partial charge < -0.3 is 10.3 Å². The molecule has 3 aliphatic heterocycles. The highest BCUT2D eigenvalue weighted by Gasteiger charge is 2.70. The van der Waals surface area contributed by atoms with Crippen LogP contribution in [0.4, 0.5) is 11.4 Å². The number of aromatic amines is 1. The molecule has 2 fully saturated rings. The number of carbonyl (C=O) groups excluding carboxylic acids is 3. The van der Waals surface area contributed by atoms with Gasteiger partial charge in [0, 0.05) is 39.4 Å². The lowest BCUT2D eigenvalue weighted by atomic mass is 9.76. The van der Waals surface area contributed by atoms with E-state index in [-0.39, 0.29) is 11.8 Å². The number of carbonyl (C=O) groups is 3. The molecule has 1 spiro atoms. The van der Waals surface area contributed by atoms with Crippen LogP contribution in [0, 0.1) is 11.8 Å². The zero-order chi connectivity index (χ0) is 24.6. The molecule has 7 nitrogen and oxygen atoms in total. The lowest BCUT2D eigenvalue weighted by molar-refractivity contribution is -0.130. The molecule has 36 heavy (non-hydrogen) atoms. The van der Waals surface area contributed by atoms with Crippen molar-refractivity contribution in [3.8, 4) is 0 Å². The first-order chi connectivity index (χ1) is 17.5. The molecule has 1 aromatic heterocycles. The van der Waals surface area contributed by atoms with Crippen LogP contribution in [-0.4, -0.2) is 28.7 Å². The molecule has 4 atom stereocenters. The summed E-state index contributed by atoms with van der Waals surface area (Å²) in [4.78, 5) is 46.1. The Bertz CT molecular complexity index is 1600. The van der Waals surface area contributed by atoms with Crippen LogP contribution in [0.1, 0.15) is 11.1 Å². The second-order valence-electron chi connectivity index (χ2n) is 9.62. The number of anilines is 2. The molecule has 3 aliphatic rings. The highest BCUT2D eigenvalue weighted by molar-refractivity contribution is 6.31. The molecule has 2 unspecified atom stereocenters. The van der Waals surface area contributed by atoms with Gasteiger partial charge in [-0.2, -0.15) is 0 Å². The topological polar surface area (TPSA) is 94.3 Å². The Morgan fingerprint density at radius 3 is 2.58 bits per heavy atom. The molecule has 0 bridgehead atoms. The van der Waals surface area contributed by atoms with Gasteiger partial charge in [0.2, 0.25) is 17.7 Å². The van der Waals surface area contributed by atoms with Crippen molar-refractivity contribution >= 4 is 51.6 Å². The van der Waals surface area contributed by atoms with Crippen LogP contribution in [0.15, 0.2) is 79.0 Å². The summed E-state index contributed by atoms with van der Waals surface area (Å²) >= 11 is 6.20. The number of para-hydroxylation sites is 2. The summed E-state index contributed by atoms with van der Waals surface area (Å²) in [6, 6.07) is 21.6. The van der Waals surface area contributed by atoms with Gasteiger partial charge in [-0.25, -0.2) is 4.90 Å². The first-order valence-corrected chi connectivity index (χ1v) is 12.2. The number of H-pyrrole nitrogens is 1. The third-order valence-electron chi connectivity index (χ3n) is 7.80.